The Bertz CT molecular complexity index is 786. The molecule has 0 amide bonds. The van der Waals surface area contributed by atoms with Crippen molar-refractivity contribution in [1.82, 2.24) is 9.78 Å². The Morgan fingerprint density at radius 2 is 1.73 bits per heavy atom. The van der Waals surface area contributed by atoms with Gasteiger partial charge in [0.15, 0.2) is 0 Å². The van der Waals surface area contributed by atoms with Gasteiger partial charge in [0.2, 0.25) is 6.33 Å². The van der Waals surface area contributed by atoms with E-state index in [9.17, 15) is 4.39 Å². The molecular weight excluding hydrogens is 277 g/mol. The number of rotatable bonds is 2. The van der Waals surface area contributed by atoms with Crippen molar-refractivity contribution in [2.45, 2.75) is 26.3 Å². The molecule has 0 N–H and O–H groups in total. The van der Waals surface area contributed by atoms with Crippen LogP contribution in [0.5, 0.6) is 0 Å². The SMILES string of the molecule is CC(C)(C)n1c[n+](-c2cccc(F)c2)c(-c2ccccc2)n1. The highest BCUT2D eigenvalue weighted by Gasteiger charge is 2.27. The molecule has 0 aliphatic carbocycles. The second-order valence-electron chi connectivity index (χ2n) is 6.27. The van der Waals surface area contributed by atoms with Gasteiger partial charge in [-0.25, -0.2) is 4.39 Å². The van der Waals surface area contributed by atoms with Gasteiger partial charge >= 0.3 is 5.82 Å². The van der Waals surface area contributed by atoms with Crippen molar-refractivity contribution in [3.8, 4) is 17.1 Å². The Hall–Kier alpha value is -2.49. The van der Waals surface area contributed by atoms with Crippen molar-refractivity contribution in [3.05, 3.63) is 66.7 Å². The molecule has 3 rings (SSSR count). The summed E-state index contributed by atoms with van der Waals surface area (Å²) < 4.78 is 17.4. The number of halogens is 1. The van der Waals surface area contributed by atoms with E-state index < -0.39 is 0 Å². The molecule has 0 bridgehead atoms. The Labute approximate surface area is 129 Å². The fourth-order valence-corrected chi connectivity index (χ4v) is 2.26. The van der Waals surface area contributed by atoms with E-state index in [4.69, 9.17) is 5.10 Å². The first-order chi connectivity index (χ1) is 10.4. The zero-order valence-electron chi connectivity index (χ0n) is 13.0. The quantitative estimate of drug-likeness (QED) is 0.661. The zero-order valence-corrected chi connectivity index (χ0v) is 13.0. The predicted octanol–water partition coefficient (Wildman–Crippen LogP) is 3.72. The minimum absolute atomic E-state index is 0.151. The van der Waals surface area contributed by atoms with Gasteiger partial charge in [-0.3, -0.25) is 0 Å². The first-order valence-electron chi connectivity index (χ1n) is 7.28. The number of benzene rings is 2. The van der Waals surface area contributed by atoms with Gasteiger partial charge in [-0.2, -0.15) is 4.57 Å². The number of nitrogens with zero attached hydrogens (tertiary/aromatic N) is 3. The van der Waals surface area contributed by atoms with E-state index in [-0.39, 0.29) is 11.4 Å². The van der Waals surface area contributed by atoms with Crippen molar-refractivity contribution in [2.75, 3.05) is 0 Å². The van der Waals surface area contributed by atoms with Gasteiger partial charge < -0.3 is 0 Å². The van der Waals surface area contributed by atoms with Crippen LogP contribution >= 0.6 is 0 Å². The van der Waals surface area contributed by atoms with Crippen molar-refractivity contribution in [3.63, 3.8) is 0 Å². The van der Waals surface area contributed by atoms with Crippen LogP contribution in [0.25, 0.3) is 17.1 Å². The van der Waals surface area contributed by atoms with Crippen LogP contribution in [0.15, 0.2) is 60.9 Å². The van der Waals surface area contributed by atoms with E-state index in [0.717, 1.165) is 17.1 Å². The smallest absolute Gasteiger partial charge is 0.207 e. The molecule has 0 radical (unpaired) electrons. The maximum absolute atomic E-state index is 13.6. The molecule has 0 saturated heterocycles. The molecule has 1 heterocycles. The van der Waals surface area contributed by atoms with Crippen LogP contribution in [0.3, 0.4) is 0 Å². The molecule has 0 aliphatic rings. The van der Waals surface area contributed by atoms with Gasteiger partial charge in [-0.05, 0) is 45.0 Å². The first-order valence-corrected chi connectivity index (χ1v) is 7.28. The van der Waals surface area contributed by atoms with Gasteiger partial charge in [0.1, 0.15) is 17.0 Å². The lowest BCUT2D eigenvalue weighted by molar-refractivity contribution is -0.585. The van der Waals surface area contributed by atoms with Crippen LogP contribution in [0.1, 0.15) is 20.8 Å². The molecule has 3 nitrogen and oxygen atoms in total. The monoisotopic (exact) mass is 296 g/mol. The van der Waals surface area contributed by atoms with Gasteiger partial charge in [0, 0.05) is 11.2 Å². The largest absolute Gasteiger partial charge is 0.313 e. The second-order valence-corrected chi connectivity index (χ2v) is 6.27. The van der Waals surface area contributed by atoms with Crippen molar-refractivity contribution >= 4 is 0 Å². The molecular formula is C18H19FN3+. The van der Waals surface area contributed by atoms with Crippen LogP contribution in [-0.4, -0.2) is 9.78 Å². The maximum atomic E-state index is 13.6. The minimum atomic E-state index is -0.257. The molecule has 2 aromatic carbocycles. The summed E-state index contributed by atoms with van der Waals surface area (Å²) in [6.07, 6.45) is 1.91. The topological polar surface area (TPSA) is 21.7 Å². The molecule has 0 aliphatic heterocycles. The Morgan fingerprint density at radius 1 is 1.00 bits per heavy atom. The summed E-state index contributed by atoms with van der Waals surface area (Å²) in [7, 11) is 0. The molecule has 4 heteroatoms. The third-order valence-corrected chi connectivity index (χ3v) is 3.46. The lowest BCUT2D eigenvalue weighted by Crippen LogP contribution is -2.32. The molecule has 0 spiro atoms. The Balaban J connectivity index is 2.22. The predicted molar refractivity (Wildman–Crippen MR) is 84.1 cm³/mol. The summed E-state index contributed by atoms with van der Waals surface area (Å²) >= 11 is 0. The molecule has 22 heavy (non-hydrogen) atoms. The third-order valence-electron chi connectivity index (χ3n) is 3.46. The van der Waals surface area contributed by atoms with Gasteiger partial charge in [-0.1, -0.05) is 24.3 Å². The summed E-state index contributed by atoms with van der Waals surface area (Å²) in [4.78, 5) is 0. The normalized spacial score (nSPS) is 11.6. The van der Waals surface area contributed by atoms with E-state index >= 15 is 0 Å². The van der Waals surface area contributed by atoms with E-state index in [1.165, 1.54) is 12.1 Å². The highest BCUT2D eigenvalue weighted by atomic mass is 19.1. The molecule has 3 aromatic rings. The minimum Gasteiger partial charge on any atom is -0.207 e. The van der Waals surface area contributed by atoms with E-state index in [0.29, 0.717) is 0 Å². The maximum Gasteiger partial charge on any atom is 0.313 e. The number of hydrogen-bond donors (Lipinski definition) is 0. The van der Waals surface area contributed by atoms with Crippen molar-refractivity contribution in [1.29, 1.82) is 0 Å². The highest BCUT2D eigenvalue weighted by molar-refractivity contribution is 5.51. The van der Waals surface area contributed by atoms with E-state index in [2.05, 4.69) is 20.8 Å². The Morgan fingerprint density at radius 3 is 2.36 bits per heavy atom. The average molecular weight is 296 g/mol. The summed E-state index contributed by atoms with van der Waals surface area (Å²) in [5, 5.41) is 4.71. The van der Waals surface area contributed by atoms with Crippen LogP contribution in [0.4, 0.5) is 4.39 Å². The van der Waals surface area contributed by atoms with E-state index in [1.807, 2.05) is 52.0 Å². The highest BCUT2D eigenvalue weighted by Crippen LogP contribution is 2.18. The lowest BCUT2D eigenvalue weighted by Gasteiger charge is -2.10. The molecule has 1 aromatic heterocycles. The van der Waals surface area contributed by atoms with Crippen molar-refractivity contribution < 1.29 is 8.96 Å². The zero-order chi connectivity index (χ0) is 15.7. The number of hydrogen-bond acceptors (Lipinski definition) is 1. The summed E-state index contributed by atoms with van der Waals surface area (Å²) in [5.41, 5.74) is 1.60. The lowest BCUT2D eigenvalue weighted by atomic mass is 10.1. The van der Waals surface area contributed by atoms with Crippen LogP contribution in [-0.2, 0) is 5.54 Å². The van der Waals surface area contributed by atoms with Crippen LogP contribution in [0, 0.1) is 5.82 Å². The van der Waals surface area contributed by atoms with Crippen LogP contribution in [0.2, 0.25) is 0 Å². The first kappa shape index (κ1) is 14.4. The third kappa shape index (κ3) is 2.77. The molecule has 112 valence electrons. The van der Waals surface area contributed by atoms with Gasteiger partial charge in [0.25, 0.3) is 0 Å². The van der Waals surface area contributed by atoms with Gasteiger partial charge in [0.05, 0.1) is 5.56 Å². The standard InChI is InChI=1S/C18H19FN3/c1-18(2,3)22-13-21(16-11-7-10-15(19)12-16)17(20-22)14-8-5-4-6-9-14/h4-13H,1-3H3/q+1. The summed E-state index contributed by atoms with van der Waals surface area (Å²) in [6.45, 7) is 6.26. The molecule has 0 unspecified atom stereocenters. The molecule has 0 atom stereocenters. The van der Waals surface area contributed by atoms with Gasteiger partial charge in [-0.15, -0.1) is 4.68 Å². The fraction of sp³-hybridized carbons (Fsp3) is 0.222. The average Bonchev–Trinajstić information content (AvgIpc) is 2.93. The molecule has 0 saturated carbocycles. The van der Waals surface area contributed by atoms with Crippen molar-refractivity contribution in [2.24, 2.45) is 0 Å². The fourth-order valence-electron chi connectivity index (χ4n) is 2.26. The molecule has 0 fully saturated rings. The Kier molecular flexibility index (Phi) is 3.53. The summed E-state index contributed by atoms with van der Waals surface area (Å²) in [6, 6.07) is 16.5. The van der Waals surface area contributed by atoms with E-state index in [1.54, 1.807) is 6.07 Å². The summed E-state index contributed by atoms with van der Waals surface area (Å²) in [5.74, 6) is 0.536. The second kappa shape index (κ2) is 5.37. The number of aromatic nitrogens is 3. The van der Waals surface area contributed by atoms with Crippen LogP contribution < -0.4 is 4.57 Å².